The SMILES string of the molecule is O=C1CCC(=O)N1c1ccc(S(=O)(=O)N[C@@H]2CC[C@@H]3OCCO[C@@H]3C2)cc1. The van der Waals surface area contributed by atoms with Gasteiger partial charge in [-0.25, -0.2) is 13.1 Å². The Morgan fingerprint density at radius 1 is 0.926 bits per heavy atom. The lowest BCUT2D eigenvalue weighted by Gasteiger charge is -2.38. The zero-order chi connectivity index (χ0) is 19.0. The van der Waals surface area contributed by atoms with E-state index in [2.05, 4.69) is 4.72 Å². The summed E-state index contributed by atoms with van der Waals surface area (Å²) in [4.78, 5) is 24.8. The third-order valence-electron chi connectivity index (χ3n) is 5.26. The van der Waals surface area contributed by atoms with E-state index in [1.807, 2.05) is 0 Å². The van der Waals surface area contributed by atoms with E-state index in [4.69, 9.17) is 9.47 Å². The fourth-order valence-corrected chi connectivity index (χ4v) is 5.18. The molecule has 4 rings (SSSR count). The van der Waals surface area contributed by atoms with E-state index >= 15 is 0 Å². The molecule has 0 bridgehead atoms. The van der Waals surface area contributed by atoms with Crippen LogP contribution in [0.4, 0.5) is 5.69 Å². The van der Waals surface area contributed by atoms with Crippen molar-refractivity contribution in [2.75, 3.05) is 18.1 Å². The van der Waals surface area contributed by atoms with Crippen LogP contribution in [0.3, 0.4) is 0 Å². The zero-order valence-corrected chi connectivity index (χ0v) is 15.6. The fourth-order valence-electron chi connectivity index (χ4n) is 3.90. The molecule has 2 saturated heterocycles. The van der Waals surface area contributed by atoms with Gasteiger partial charge in [-0.05, 0) is 43.5 Å². The van der Waals surface area contributed by atoms with Crippen LogP contribution in [0.15, 0.2) is 29.2 Å². The molecule has 27 heavy (non-hydrogen) atoms. The molecule has 3 aliphatic rings. The Morgan fingerprint density at radius 2 is 1.56 bits per heavy atom. The van der Waals surface area contributed by atoms with Crippen LogP contribution in [0.1, 0.15) is 32.1 Å². The van der Waals surface area contributed by atoms with E-state index in [1.54, 1.807) is 0 Å². The number of nitrogens with zero attached hydrogens (tertiary/aromatic N) is 1. The predicted molar refractivity (Wildman–Crippen MR) is 95.6 cm³/mol. The molecule has 2 aliphatic heterocycles. The number of rotatable bonds is 4. The maximum atomic E-state index is 12.7. The summed E-state index contributed by atoms with van der Waals surface area (Å²) in [5, 5.41) is 0. The third-order valence-corrected chi connectivity index (χ3v) is 6.79. The molecule has 146 valence electrons. The average Bonchev–Trinajstić information content (AvgIpc) is 3.00. The second-order valence-corrected chi connectivity index (χ2v) is 8.78. The summed E-state index contributed by atoms with van der Waals surface area (Å²) in [6.07, 6.45) is 2.39. The molecule has 2 heterocycles. The molecule has 2 amide bonds. The van der Waals surface area contributed by atoms with Crippen LogP contribution in [-0.2, 0) is 29.1 Å². The monoisotopic (exact) mass is 394 g/mol. The van der Waals surface area contributed by atoms with Crippen molar-refractivity contribution in [1.82, 2.24) is 4.72 Å². The van der Waals surface area contributed by atoms with Gasteiger partial charge in [0.2, 0.25) is 21.8 Å². The lowest BCUT2D eigenvalue weighted by atomic mass is 9.90. The molecule has 9 heteroatoms. The number of carbonyl (C=O) groups excluding carboxylic acids is 2. The number of anilines is 1. The van der Waals surface area contributed by atoms with Crippen LogP contribution in [0.5, 0.6) is 0 Å². The van der Waals surface area contributed by atoms with Crippen LogP contribution in [0.2, 0.25) is 0 Å². The smallest absolute Gasteiger partial charge is 0.240 e. The highest BCUT2D eigenvalue weighted by Crippen LogP contribution is 2.28. The summed E-state index contributed by atoms with van der Waals surface area (Å²) >= 11 is 0. The van der Waals surface area contributed by atoms with Gasteiger partial charge in [-0.1, -0.05) is 0 Å². The molecule has 0 radical (unpaired) electrons. The number of hydrogen-bond donors (Lipinski definition) is 1. The van der Waals surface area contributed by atoms with Crippen molar-refractivity contribution in [1.29, 1.82) is 0 Å². The standard InChI is InChI=1S/C18H22N2O6S/c21-17-7-8-18(22)20(17)13-2-4-14(5-3-13)27(23,24)19-12-1-6-15-16(11-12)26-10-9-25-15/h2-5,12,15-16,19H,1,6-11H2/t12-,15+,16-/m1/s1. The maximum absolute atomic E-state index is 12.7. The number of imide groups is 1. The minimum atomic E-state index is -3.70. The van der Waals surface area contributed by atoms with Crippen LogP contribution in [0.25, 0.3) is 0 Å². The first-order valence-electron chi connectivity index (χ1n) is 9.15. The van der Waals surface area contributed by atoms with Crippen LogP contribution < -0.4 is 9.62 Å². The topological polar surface area (TPSA) is 102 Å². The van der Waals surface area contributed by atoms with E-state index in [0.29, 0.717) is 31.7 Å². The Morgan fingerprint density at radius 3 is 2.22 bits per heavy atom. The fraction of sp³-hybridized carbons (Fsp3) is 0.556. The van der Waals surface area contributed by atoms with Gasteiger partial charge in [-0.2, -0.15) is 0 Å². The lowest BCUT2D eigenvalue weighted by molar-refractivity contribution is -0.156. The van der Waals surface area contributed by atoms with Crippen molar-refractivity contribution in [2.24, 2.45) is 0 Å². The van der Waals surface area contributed by atoms with Gasteiger partial charge in [0, 0.05) is 18.9 Å². The van der Waals surface area contributed by atoms with Gasteiger partial charge in [0.1, 0.15) is 0 Å². The maximum Gasteiger partial charge on any atom is 0.240 e. The Balaban J connectivity index is 1.44. The molecule has 8 nitrogen and oxygen atoms in total. The number of carbonyl (C=O) groups is 2. The summed E-state index contributed by atoms with van der Waals surface area (Å²) in [5.41, 5.74) is 0.398. The van der Waals surface area contributed by atoms with Gasteiger partial charge in [0.05, 0.1) is 36.0 Å². The second kappa shape index (κ2) is 7.31. The first-order chi connectivity index (χ1) is 12.9. The number of benzene rings is 1. The van der Waals surface area contributed by atoms with Gasteiger partial charge in [0.25, 0.3) is 0 Å². The number of sulfonamides is 1. The molecule has 1 N–H and O–H groups in total. The highest BCUT2D eigenvalue weighted by atomic mass is 32.2. The van der Waals surface area contributed by atoms with Gasteiger partial charge >= 0.3 is 0 Å². The molecule has 0 spiro atoms. The van der Waals surface area contributed by atoms with E-state index in [1.165, 1.54) is 24.3 Å². The van der Waals surface area contributed by atoms with Crippen molar-refractivity contribution in [3.63, 3.8) is 0 Å². The van der Waals surface area contributed by atoms with Crippen LogP contribution in [0, 0.1) is 0 Å². The summed E-state index contributed by atoms with van der Waals surface area (Å²) in [7, 11) is -3.70. The van der Waals surface area contributed by atoms with Crippen molar-refractivity contribution < 1.29 is 27.5 Å². The van der Waals surface area contributed by atoms with Gasteiger partial charge in [-0.15, -0.1) is 0 Å². The molecule has 1 aliphatic carbocycles. The first-order valence-corrected chi connectivity index (χ1v) is 10.6. The molecule has 0 aromatic heterocycles. The molecule has 1 aromatic carbocycles. The molecule has 1 aromatic rings. The van der Waals surface area contributed by atoms with Crippen LogP contribution >= 0.6 is 0 Å². The van der Waals surface area contributed by atoms with E-state index in [9.17, 15) is 18.0 Å². The summed E-state index contributed by atoms with van der Waals surface area (Å²) in [6, 6.07) is 5.61. The number of fused-ring (bicyclic) bond motifs is 1. The average molecular weight is 394 g/mol. The predicted octanol–water partition coefficient (Wildman–Crippen LogP) is 0.955. The Kier molecular flexibility index (Phi) is 5.02. The molecule has 0 unspecified atom stereocenters. The minimum Gasteiger partial charge on any atom is -0.373 e. The highest BCUT2D eigenvalue weighted by Gasteiger charge is 2.36. The van der Waals surface area contributed by atoms with Gasteiger partial charge < -0.3 is 9.47 Å². The molecular formula is C18H22N2O6S. The normalized spacial score (nSPS) is 29.0. The van der Waals surface area contributed by atoms with Crippen molar-refractivity contribution in [3.05, 3.63) is 24.3 Å². The van der Waals surface area contributed by atoms with E-state index in [0.717, 1.165) is 11.3 Å². The number of ether oxygens (including phenoxy) is 2. The van der Waals surface area contributed by atoms with Gasteiger partial charge in [-0.3, -0.25) is 14.5 Å². The summed E-state index contributed by atoms with van der Waals surface area (Å²) < 4.78 is 39.5. The summed E-state index contributed by atoms with van der Waals surface area (Å²) in [6.45, 7) is 1.13. The quantitative estimate of drug-likeness (QED) is 0.763. The summed E-state index contributed by atoms with van der Waals surface area (Å²) in [5.74, 6) is -0.527. The molecule has 1 saturated carbocycles. The highest BCUT2D eigenvalue weighted by molar-refractivity contribution is 7.89. The Bertz CT molecular complexity index is 822. The third kappa shape index (κ3) is 3.77. The lowest BCUT2D eigenvalue weighted by Crippen LogP contribution is -2.49. The molecule has 3 atom stereocenters. The number of hydrogen-bond acceptors (Lipinski definition) is 6. The number of amides is 2. The van der Waals surface area contributed by atoms with E-state index < -0.39 is 10.0 Å². The molecular weight excluding hydrogens is 372 g/mol. The zero-order valence-electron chi connectivity index (χ0n) is 14.8. The second-order valence-electron chi connectivity index (χ2n) is 7.07. The Hall–Kier alpha value is -1.81. The Labute approximate surface area is 157 Å². The van der Waals surface area contributed by atoms with Crippen molar-refractivity contribution >= 4 is 27.5 Å². The van der Waals surface area contributed by atoms with Crippen LogP contribution in [-0.4, -0.2) is 51.7 Å². The van der Waals surface area contributed by atoms with Crippen molar-refractivity contribution in [2.45, 2.75) is 55.2 Å². The van der Waals surface area contributed by atoms with E-state index in [-0.39, 0.29) is 47.8 Å². The first kappa shape index (κ1) is 18.5. The molecule has 3 fully saturated rings. The van der Waals surface area contributed by atoms with Gasteiger partial charge in [0.15, 0.2) is 0 Å². The minimum absolute atomic E-state index is 0.0503. The van der Waals surface area contributed by atoms with Crippen molar-refractivity contribution in [3.8, 4) is 0 Å². The number of nitrogens with one attached hydrogen (secondary N) is 1. The largest absolute Gasteiger partial charge is 0.373 e.